The van der Waals surface area contributed by atoms with Crippen LogP contribution in [0.15, 0.2) is 48.7 Å². The summed E-state index contributed by atoms with van der Waals surface area (Å²) in [5, 5.41) is 6.61. The van der Waals surface area contributed by atoms with Crippen molar-refractivity contribution in [3.8, 4) is 10.4 Å². The van der Waals surface area contributed by atoms with Crippen LogP contribution in [0.25, 0.3) is 10.4 Å². The molecule has 31 heavy (non-hydrogen) atoms. The van der Waals surface area contributed by atoms with Crippen LogP contribution in [-0.4, -0.2) is 24.0 Å². The second kappa shape index (κ2) is 9.93. The van der Waals surface area contributed by atoms with Gasteiger partial charge in [-0.2, -0.15) is 13.2 Å². The molecular formula is C22H23F3N4OS. The number of thiazole rings is 1. The number of carbonyl (C=O) groups is 1. The van der Waals surface area contributed by atoms with E-state index in [2.05, 4.69) is 15.6 Å². The van der Waals surface area contributed by atoms with Gasteiger partial charge in [-0.3, -0.25) is 4.79 Å². The van der Waals surface area contributed by atoms with Crippen LogP contribution >= 0.6 is 11.3 Å². The predicted molar refractivity (Wildman–Crippen MR) is 118 cm³/mol. The second-order valence-electron chi connectivity index (χ2n) is 7.06. The zero-order valence-electron chi connectivity index (χ0n) is 16.9. The Morgan fingerprint density at radius 2 is 1.94 bits per heavy atom. The van der Waals surface area contributed by atoms with Gasteiger partial charge in [-0.05, 0) is 53.8 Å². The molecule has 0 fully saturated rings. The molecule has 9 heteroatoms. The first-order valence-corrected chi connectivity index (χ1v) is 10.6. The number of hydrogen-bond acceptors (Lipinski definition) is 5. The molecule has 2 aromatic carbocycles. The number of aromatic nitrogens is 1. The number of hydrogen-bond donors (Lipinski definition) is 3. The molecule has 1 atom stereocenters. The smallest absolute Gasteiger partial charge is 0.360 e. The minimum atomic E-state index is -4.34. The number of nitrogens with one attached hydrogen (secondary N) is 2. The molecule has 0 radical (unpaired) electrons. The normalized spacial score (nSPS) is 12.4. The number of nitrogens with zero attached hydrogens (tertiary/aromatic N) is 1. The molecule has 0 bridgehead atoms. The molecule has 0 saturated heterocycles. The van der Waals surface area contributed by atoms with Gasteiger partial charge in [0.15, 0.2) is 5.13 Å². The average molecular weight is 449 g/mol. The number of amides is 1. The van der Waals surface area contributed by atoms with Gasteiger partial charge in [0.2, 0.25) is 6.41 Å². The molecule has 1 heterocycles. The third kappa shape index (κ3) is 6.05. The summed E-state index contributed by atoms with van der Waals surface area (Å²) < 4.78 is 38.0. The first kappa shape index (κ1) is 22.8. The van der Waals surface area contributed by atoms with Crippen molar-refractivity contribution in [3.05, 3.63) is 65.4 Å². The molecule has 0 aliphatic heterocycles. The van der Waals surface area contributed by atoms with Crippen molar-refractivity contribution in [2.75, 3.05) is 17.2 Å². The van der Waals surface area contributed by atoms with Crippen molar-refractivity contribution >= 4 is 28.6 Å². The van der Waals surface area contributed by atoms with Gasteiger partial charge >= 0.3 is 6.18 Å². The zero-order chi connectivity index (χ0) is 22.4. The molecule has 0 spiro atoms. The highest BCUT2D eigenvalue weighted by molar-refractivity contribution is 7.18. The predicted octanol–water partition coefficient (Wildman–Crippen LogP) is 4.94. The molecule has 1 amide bonds. The SMILES string of the molecule is CCc1cc(-c2cnc(NC[C@H](N)Cc3ccc(C(F)(F)F)cc3)s2)ccc1NC=O. The van der Waals surface area contributed by atoms with Crippen molar-refractivity contribution in [1.82, 2.24) is 4.98 Å². The Labute approximate surface area is 182 Å². The summed E-state index contributed by atoms with van der Waals surface area (Å²) >= 11 is 1.48. The lowest BCUT2D eigenvalue weighted by atomic mass is 10.0. The molecule has 3 aromatic rings. The first-order chi connectivity index (χ1) is 14.8. The lowest BCUT2D eigenvalue weighted by molar-refractivity contribution is -0.137. The number of aryl methyl sites for hydroxylation is 1. The van der Waals surface area contributed by atoms with Crippen LogP contribution in [0.4, 0.5) is 24.0 Å². The number of carbonyl (C=O) groups excluding carboxylic acids is 1. The van der Waals surface area contributed by atoms with Gasteiger partial charge in [-0.25, -0.2) is 4.98 Å². The summed E-state index contributed by atoms with van der Waals surface area (Å²) in [6.07, 6.45) is -0.665. The van der Waals surface area contributed by atoms with Crippen molar-refractivity contribution in [2.45, 2.75) is 32.0 Å². The Morgan fingerprint density at radius 3 is 2.58 bits per heavy atom. The van der Waals surface area contributed by atoms with E-state index in [0.717, 1.165) is 45.8 Å². The molecule has 0 unspecified atom stereocenters. The fourth-order valence-corrected chi connectivity index (χ4v) is 3.98. The Bertz CT molecular complexity index is 1020. The number of anilines is 2. The number of halogens is 3. The summed E-state index contributed by atoms with van der Waals surface area (Å²) in [6.45, 7) is 2.46. The van der Waals surface area contributed by atoms with Crippen LogP contribution in [0.2, 0.25) is 0 Å². The van der Waals surface area contributed by atoms with Crippen LogP contribution in [0.3, 0.4) is 0 Å². The van der Waals surface area contributed by atoms with Gasteiger partial charge < -0.3 is 16.4 Å². The van der Waals surface area contributed by atoms with E-state index in [0.29, 0.717) is 24.5 Å². The minimum absolute atomic E-state index is 0.274. The highest BCUT2D eigenvalue weighted by Gasteiger charge is 2.29. The zero-order valence-corrected chi connectivity index (χ0v) is 17.7. The average Bonchev–Trinajstić information content (AvgIpc) is 3.21. The maximum Gasteiger partial charge on any atom is 0.416 e. The summed E-state index contributed by atoms with van der Waals surface area (Å²) in [6, 6.07) is 10.6. The van der Waals surface area contributed by atoms with Gasteiger partial charge in [0.05, 0.1) is 10.4 Å². The standard InChI is InChI=1S/C22H23F3N4OS/c1-2-15-10-16(5-8-19(15)29-13-30)20-12-28-21(31-20)27-11-18(26)9-14-3-6-17(7-4-14)22(23,24)25/h3-8,10,12-13,18H,2,9,11,26H2,1H3,(H,27,28)(H,29,30)/t18-/m1/s1. The largest absolute Gasteiger partial charge is 0.416 e. The Balaban J connectivity index is 1.58. The maximum atomic E-state index is 12.7. The van der Waals surface area contributed by atoms with E-state index in [9.17, 15) is 18.0 Å². The van der Waals surface area contributed by atoms with E-state index < -0.39 is 11.7 Å². The summed E-state index contributed by atoms with van der Waals surface area (Å²) in [5.74, 6) is 0. The third-order valence-electron chi connectivity index (χ3n) is 4.79. The molecular weight excluding hydrogens is 425 g/mol. The topological polar surface area (TPSA) is 80.0 Å². The van der Waals surface area contributed by atoms with Gasteiger partial charge in [0, 0.05) is 24.5 Å². The van der Waals surface area contributed by atoms with Gasteiger partial charge in [-0.15, -0.1) is 0 Å². The Morgan fingerprint density at radius 1 is 1.19 bits per heavy atom. The molecule has 164 valence electrons. The third-order valence-corrected chi connectivity index (χ3v) is 5.79. The number of rotatable bonds is 9. The van der Waals surface area contributed by atoms with Crippen LogP contribution in [0.5, 0.6) is 0 Å². The number of benzene rings is 2. The molecule has 0 aliphatic carbocycles. The quantitative estimate of drug-likeness (QED) is 0.405. The highest BCUT2D eigenvalue weighted by atomic mass is 32.1. The van der Waals surface area contributed by atoms with E-state index in [4.69, 9.17) is 5.73 Å². The maximum absolute atomic E-state index is 12.7. The van der Waals surface area contributed by atoms with E-state index in [1.807, 2.05) is 25.1 Å². The number of alkyl halides is 3. The lowest BCUT2D eigenvalue weighted by Gasteiger charge is -2.13. The van der Waals surface area contributed by atoms with E-state index in [-0.39, 0.29) is 6.04 Å². The highest BCUT2D eigenvalue weighted by Crippen LogP contribution is 2.32. The van der Waals surface area contributed by atoms with Crippen LogP contribution < -0.4 is 16.4 Å². The van der Waals surface area contributed by atoms with Crippen LogP contribution in [0.1, 0.15) is 23.6 Å². The van der Waals surface area contributed by atoms with Crippen molar-refractivity contribution in [2.24, 2.45) is 5.73 Å². The second-order valence-corrected chi connectivity index (χ2v) is 8.09. The Kier molecular flexibility index (Phi) is 7.29. The number of nitrogens with two attached hydrogens (primary N) is 1. The molecule has 3 rings (SSSR count). The van der Waals surface area contributed by atoms with Crippen LogP contribution in [-0.2, 0) is 23.8 Å². The lowest BCUT2D eigenvalue weighted by Crippen LogP contribution is -2.31. The summed E-state index contributed by atoms with van der Waals surface area (Å²) in [4.78, 5) is 16.1. The van der Waals surface area contributed by atoms with Crippen molar-refractivity contribution in [3.63, 3.8) is 0 Å². The van der Waals surface area contributed by atoms with Gasteiger partial charge in [0.1, 0.15) is 0 Å². The molecule has 5 nitrogen and oxygen atoms in total. The minimum Gasteiger partial charge on any atom is -0.360 e. The van der Waals surface area contributed by atoms with Gasteiger partial charge in [-0.1, -0.05) is 36.5 Å². The van der Waals surface area contributed by atoms with E-state index in [1.165, 1.54) is 23.5 Å². The van der Waals surface area contributed by atoms with Crippen LogP contribution in [0, 0.1) is 0 Å². The monoisotopic (exact) mass is 448 g/mol. The van der Waals surface area contributed by atoms with E-state index in [1.54, 1.807) is 6.20 Å². The molecule has 1 aromatic heterocycles. The first-order valence-electron chi connectivity index (χ1n) is 9.75. The molecule has 4 N–H and O–H groups in total. The fourth-order valence-electron chi connectivity index (χ4n) is 3.16. The fraction of sp³-hybridized carbons (Fsp3) is 0.273. The van der Waals surface area contributed by atoms with E-state index >= 15 is 0 Å². The summed E-state index contributed by atoms with van der Waals surface area (Å²) in [7, 11) is 0. The Hall–Kier alpha value is -2.91. The van der Waals surface area contributed by atoms with Crippen molar-refractivity contribution < 1.29 is 18.0 Å². The van der Waals surface area contributed by atoms with Crippen molar-refractivity contribution in [1.29, 1.82) is 0 Å². The molecule has 0 aliphatic rings. The van der Waals surface area contributed by atoms with Gasteiger partial charge in [0.25, 0.3) is 0 Å². The summed E-state index contributed by atoms with van der Waals surface area (Å²) in [5.41, 5.74) is 9.05. The molecule has 0 saturated carbocycles.